The number of halogens is 3. The van der Waals surface area contributed by atoms with E-state index in [1.807, 2.05) is 12.1 Å². The van der Waals surface area contributed by atoms with Crippen molar-refractivity contribution >= 4 is 75.2 Å². The van der Waals surface area contributed by atoms with Crippen LogP contribution in [0.2, 0.25) is 5.02 Å². The number of fused-ring (bicyclic) bond motifs is 3. The highest BCUT2D eigenvalue weighted by Crippen LogP contribution is 2.48. The summed E-state index contributed by atoms with van der Waals surface area (Å²) in [5, 5.41) is 19.1. The van der Waals surface area contributed by atoms with Crippen molar-refractivity contribution in [2.45, 2.75) is 102 Å². The van der Waals surface area contributed by atoms with E-state index in [0.29, 0.717) is 121 Å². The summed E-state index contributed by atoms with van der Waals surface area (Å²) in [6.45, 7) is 5.06. The Morgan fingerprint density at radius 1 is 0.805 bits per heavy atom. The first-order valence-electron chi connectivity index (χ1n) is 30.5. The van der Waals surface area contributed by atoms with Gasteiger partial charge in [0.25, 0.3) is 17.9 Å². The summed E-state index contributed by atoms with van der Waals surface area (Å²) in [6.07, 6.45) is 12.7. The van der Waals surface area contributed by atoms with Crippen molar-refractivity contribution in [3.05, 3.63) is 86.7 Å². The van der Waals surface area contributed by atoms with Crippen LogP contribution in [0.15, 0.2) is 53.7 Å². The van der Waals surface area contributed by atoms with Crippen LogP contribution in [0.1, 0.15) is 105 Å². The number of benzene rings is 2. The van der Waals surface area contributed by atoms with Gasteiger partial charge in [-0.25, -0.2) is 18.6 Å². The van der Waals surface area contributed by atoms with Gasteiger partial charge in [-0.1, -0.05) is 11.6 Å². The van der Waals surface area contributed by atoms with Gasteiger partial charge in [0, 0.05) is 150 Å². The quantitative estimate of drug-likeness (QED) is 0.0996. The number of hydrogen-bond acceptors (Lipinski definition) is 14. The van der Waals surface area contributed by atoms with E-state index in [0.717, 1.165) is 99.8 Å². The maximum Gasteiger partial charge on any atom is 0.317 e. The van der Waals surface area contributed by atoms with E-state index in [9.17, 15) is 32.8 Å². The number of amides is 5. The third-order valence-electron chi connectivity index (χ3n) is 19.3. The number of aryl methyl sites for hydroxylation is 3. The minimum Gasteiger partial charge on any atom is -0.494 e. The molecule has 87 heavy (non-hydrogen) atoms. The van der Waals surface area contributed by atoms with E-state index in [2.05, 4.69) is 50.3 Å². The SMILES string of the molecule is CNC(=O)COc1cc2cc(Nc3nc(N4CCC(C(=O)N5CCC6(CCC(C(=O)N7CCC(n8nc(N9CCCc%10cc(-c%11cnn(C)c%11)c(C(F)F)cc%109)c9c8CCN(C(=O)NC)C9)CC7)CC6)CC5)CC4)ncc3Cl)cc(OC)c2n(C)c1=O. The molecule has 9 heterocycles. The Morgan fingerprint density at radius 3 is 2.21 bits per heavy atom. The minimum absolute atomic E-state index is 0.0130. The lowest BCUT2D eigenvalue weighted by atomic mass is 9.65. The molecule has 0 radical (unpaired) electrons. The third-order valence-corrected chi connectivity index (χ3v) is 19.6. The first-order chi connectivity index (χ1) is 42.0. The zero-order chi connectivity index (χ0) is 60.8. The molecular weight excluding hydrogens is 1140 g/mol. The molecule has 4 aromatic heterocycles. The number of ether oxygens (including phenoxy) is 2. The number of carbonyl (C=O) groups excluding carboxylic acids is 4. The summed E-state index contributed by atoms with van der Waals surface area (Å²) in [7, 11) is 8.02. The third kappa shape index (κ3) is 11.7. The zero-order valence-corrected chi connectivity index (χ0v) is 50.8. The Kier molecular flexibility index (Phi) is 16.8. The fourth-order valence-corrected chi connectivity index (χ4v) is 14.5. The molecule has 0 unspecified atom stereocenters. The van der Waals surface area contributed by atoms with Gasteiger partial charge in [-0.3, -0.25) is 28.5 Å². The predicted molar refractivity (Wildman–Crippen MR) is 325 cm³/mol. The lowest BCUT2D eigenvalue weighted by molar-refractivity contribution is -0.140. The number of likely N-dealkylation sites (tertiary alicyclic amines) is 2. The number of nitrogens with zero attached hydrogens (tertiary/aromatic N) is 12. The van der Waals surface area contributed by atoms with Crippen molar-refractivity contribution < 1.29 is 37.4 Å². The summed E-state index contributed by atoms with van der Waals surface area (Å²) in [4.78, 5) is 85.9. The Bertz CT molecular complexity index is 3670. The van der Waals surface area contributed by atoms with Crippen LogP contribution < -0.4 is 40.8 Å². The van der Waals surface area contributed by atoms with Crippen molar-refractivity contribution in [3.8, 4) is 22.6 Å². The normalized spacial score (nSPS) is 18.5. The van der Waals surface area contributed by atoms with Gasteiger partial charge in [0.1, 0.15) is 10.8 Å². The van der Waals surface area contributed by atoms with Crippen LogP contribution in [0.3, 0.4) is 0 Å². The number of nitrogens with one attached hydrogen (secondary N) is 3. The monoisotopic (exact) mass is 1220 g/mol. The van der Waals surface area contributed by atoms with Crippen LogP contribution >= 0.6 is 11.6 Å². The van der Waals surface area contributed by atoms with Gasteiger partial charge in [0.2, 0.25) is 17.8 Å². The van der Waals surface area contributed by atoms with E-state index in [1.165, 1.54) is 18.7 Å². The number of rotatable bonds is 13. The van der Waals surface area contributed by atoms with E-state index in [-0.39, 0.29) is 65.0 Å². The van der Waals surface area contributed by atoms with Crippen molar-refractivity contribution in [1.82, 2.24) is 59.4 Å². The van der Waals surface area contributed by atoms with Crippen LogP contribution in [0.25, 0.3) is 22.0 Å². The van der Waals surface area contributed by atoms with Crippen LogP contribution in [-0.4, -0.2) is 153 Å². The number of pyridine rings is 1. The fraction of sp³-hybridized carbons (Fsp3) is 0.532. The van der Waals surface area contributed by atoms with Crippen molar-refractivity contribution in [3.63, 3.8) is 0 Å². The van der Waals surface area contributed by atoms with Crippen molar-refractivity contribution in [1.29, 1.82) is 0 Å². The number of methoxy groups -OCH3 is 1. The Morgan fingerprint density at radius 2 is 1.53 bits per heavy atom. The molecule has 6 aromatic rings. The van der Waals surface area contributed by atoms with E-state index in [1.54, 1.807) is 67.5 Å². The van der Waals surface area contributed by atoms with Gasteiger partial charge in [-0.2, -0.15) is 15.2 Å². The maximum atomic E-state index is 14.9. The lowest BCUT2D eigenvalue weighted by Gasteiger charge is -2.47. The molecule has 5 aliphatic heterocycles. The highest BCUT2D eigenvalue weighted by molar-refractivity contribution is 6.33. The van der Waals surface area contributed by atoms with Crippen LogP contribution in [0, 0.1) is 17.3 Å². The molecular formula is C62H76ClF2N15O7. The first-order valence-corrected chi connectivity index (χ1v) is 30.9. The van der Waals surface area contributed by atoms with Gasteiger partial charge >= 0.3 is 6.03 Å². The summed E-state index contributed by atoms with van der Waals surface area (Å²) in [5.41, 5.74) is 5.61. The van der Waals surface area contributed by atoms with E-state index in [4.69, 9.17) is 31.2 Å². The van der Waals surface area contributed by atoms with Gasteiger partial charge in [-0.15, -0.1) is 0 Å². The van der Waals surface area contributed by atoms with Crippen molar-refractivity contribution in [2.75, 3.05) is 95.3 Å². The molecule has 1 spiro atoms. The lowest BCUT2D eigenvalue weighted by Crippen LogP contribution is -2.49. The van der Waals surface area contributed by atoms with Gasteiger partial charge in [0.05, 0.1) is 37.6 Å². The molecule has 4 fully saturated rings. The largest absolute Gasteiger partial charge is 0.494 e. The number of carbonyl (C=O) groups is 4. The number of alkyl halides is 2. The topological polar surface area (TPSA) is 222 Å². The molecule has 25 heteroatoms. The second-order valence-corrected chi connectivity index (χ2v) is 24.7. The average Bonchev–Trinajstić information content (AvgIpc) is 1.92. The smallest absolute Gasteiger partial charge is 0.317 e. The molecule has 3 saturated heterocycles. The Labute approximate surface area is 508 Å². The molecule has 22 nitrogen and oxygen atoms in total. The summed E-state index contributed by atoms with van der Waals surface area (Å²) in [6, 6.07) is 8.52. The molecule has 12 rings (SSSR count). The van der Waals surface area contributed by atoms with Gasteiger partial charge in [-0.05, 0) is 118 Å². The maximum absolute atomic E-state index is 14.9. The van der Waals surface area contributed by atoms with Gasteiger partial charge < -0.3 is 54.5 Å². The highest BCUT2D eigenvalue weighted by atomic mass is 35.5. The number of anilines is 5. The van der Waals surface area contributed by atoms with E-state index >= 15 is 0 Å². The second kappa shape index (κ2) is 24.6. The summed E-state index contributed by atoms with van der Waals surface area (Å²) in [5.74, 6) is 1.94. The summed E-state index contributed by atoms with van der Waals surface area (Å²) >= 11 is 6.66. The molecule has 0 bridgehead atoms. The Hall–Kier alpha value is -8.02. The second-order valence-electron chi connectivity index (χ2n) is 24.3. The molecule has 2 aromatic carbocycles. The fourth-order valence-electron chi connectivity index (χ4n) is 14.3. The number of urea groups is 1. The number of aromatic nitrogens is 7. The highest BCUT2D eigenvalue weighted by Gasteiger charge is 2.43. The first kappa shape index (κ1) is 59.3. The predicted octanol–water partition coefficient (Wildman–Crippen LogP) is 8.05. The molecule has 3 N–H and O–H groups in total. The number of hydrogen-bond donors (Lipinski definition) is 3. The summed E-state index contributed by atoms with van der Waals surface area (Å²) < 4.78 is 46.2. The molecule has 6 aliphatic rings. The Balaban J connectivity index is 0.634. The molecule has 5 amide bonds. The van der Waals surface area contributed by atoms with Gasteiger partial charge in [0.15, 0.2) is 24.0 Å². The number of piperidine rings is 3. The van der Waals surface area contributed by atoms with Crippen molar-refractivity contribution in [2.24, 2.45) is 31.3 Å². The minimum atomic E-state index is -2.70. The van der Waals surface area contributed by atoms with Crippen LogP contribution in [0.5, 0.6) is 11.5 Å². The average molecular weight is 1220 g/mol. The van der Waals surface area contributed by atoms with Crippen LogP contribution in [-0.2, 0) is 47.9 Å². The molecule has 1 saturated carbocycles. The number of likely N-dealkylation sites (N-methyl/N-ethyl adjacent to an activating group) is 1. The van der Waals surface area contributed by atoms with E-state index < -0.39 is 12.0 Å². The molecule has 462 valence electrons. The molecule has 0 atom stereocenters. The standard InChI is InChI=1S/C62H76ClF2N15O7/c1-66-52(81)36-87-51-29-40-27-42(30-50(86-5)53(40)74(4)59(51)84)70-55-47(63)33-68-60(71-55)77-20-10-38(11-21-77)58(83)76-25-17-62(18-26-76)15-8-37(9-16-62)57(82)75-22-12-43(13-23-75)80-48-14-24-78(61(85)67-2)35-46(48)56(72-80)79-19-6-7-39-28-44(41-32-69-73(3)34-41)45(54(64)65)31-49(39)79/h27-34,37-38,43,54H,6-26,35-36H2,1-5H3,(H,66,81)(H,67,85)(H,68,70,71). The van der Waals surface area contributed by atoms with Crippen LogP contribution in [0.4, 0.5) is 42.5 Å². The zero-order valence-electron chi connectivity index (χ0n) is 50.0. The molecule has 1 aliphatic carbocycles.